The van der Waals surface area contributed by atoms with Crippen LogP contribution in [0.4, 0.5) is 0 Å². The zero-order chi connectivity index (χ0) is 14.8. The molecule has 4 atom stereocenters. The number of primary amides is 1. The minimum absolute atomic E-state index is 0.265. The van der Waals surface area contributed by atoms with Crippen LogP contribution in [0.1, 0.15) is 58.3 Å². The Kier molecular flexibility index (Phi) is 5.08. The van der Waals surface area contributed by atoms with Crippen LogP contribution in [-0.2, 0) is 4.79 Å². The van der Waals surface area contributed by atoms with Crippen molar-refractivity contribution in [3.8, 4) is 0 Å². The van der Waals surface area contributed by atoms with Crippen molar-refractivity contribution in [2.75, 3.05) is 13.6 Å². The lowest BCUT2D eigenvalue weighted by Gasteiger charge is -2.37. The number of nitrogens with zero attached hydrogens (tertiary/aromatic N) is 1. The van der Waals surface area contributed by atoms with Crippen molar-refractivity contribution in [3.63, 3.8) is 0 Å². The molecule has 2 aliphatic carbocycles. The van der Waals surface area contributed by atoms with E-state index in [1.54, 1.807) is 0 Å². The lowest BCUT2D eigenvalue weighted by molar-refractivity contribution is -0.124. The quantitative estimate of drug-likeness (QED) is 0.808. The first-order valence-corrected chi connectivity index (χ1v) is 8.24. The number of carbonyl (C=O) groups is 1. The lowest BCUT2D eigenvalue weighted by Crippen LogP contribution is -2.55. The number of rotatable bonds is 5. The van der Waals surface area contributed by atoms with Crippen molar-refractivity contribution >= 4 is 5.91 Å². The van der Waals surface area contributed by atoms with Crippen LogP contribution in [0.2, 0.25) is 0 Å². The van der Waals surface area contributed by atoms with Crippen molar-refractivity contribution < 1.29 is 4.79 Å². The molecular formula is C16H31N3O. The van der Waals surface area contributed by atoms with Gasteiger partial charge in [-0.15, -0.1) is 0 Å². The molecular weight excluding hydrogens is 250 g/mol. The molecule has 0 aliphatic heterocycles. The van der Waals surface area contributed by atoms with Gasteiger partial charge in [0.25, 0.3) is 0 Å². The summed E-state index contributed by atoms with van der Waals surface area (Å²) in [6.45, 7) is 3.40. The van der Waals surface area contributed by atoms with E-state index >= 15 is 0 Å². The fourth-order valence-corrected chi connectivity index (χ4v) is 4.31. The number of nitrogens with two attached hydrogens (primary N) is 2. The molecule has 2 fully saturated rings. The molecule has 0 spiro atoms. The van der Waals surface area contributed by atoms with Crippen LogP contribution >= 0.6 is 0 Å². The molecule has 4 unspecified atom stereocenters. The van der Waals surface area contributed by atoms with Gasteiger partial charge in [0, 0.05) is 6.04 Å². The third-order valence-electron chi connectivity index (χ3n) is 5.79. The van der Waals surface area contributed by atoms with E-state index < -0.39 is 5.54 Å². The average molecular weight is 281 g/mol. The van der Waals surface area contributed by atoms with Crippen molar-refractivity contribution in [2.45, 2.75) is 69.9 Å². The van der Waals surface area contributed by atoms with Crippen molar-refractivity contribution in [3.05, 3.63) is 0 Å². The van der Waals surface area contributed by atoms with Crippen LogP contribution in [0.25, 0.3) is 0 Å². The fraction of sp³-hybridized carbons (Fsp3) is 0.938. The van der Waals surface area contributed by atoms with Gasteiger partial charge in [0.15, 0.2) is 0 Å². The average Bonchev–Trinajstić information content (AvgIpc) is 2.79. The van der Waals surface area contributed by atoms with Gasteiger partial charge in [-0.25, -0.2) is 0 Å². The summed E-state index contributed by atoms with van der Waals surface area (Å²) in [5, 5.41) is 0. The van der Waals surface area contributed by atoms with Crippen LogP contribution < -0.4 is 11.5 Å². The maximum atomic E-state index is 11.6. The monoisotopic (exact) mass is 281 g/mol. The van der Waals surface area contributed by atoms with Gasteiger partial charge in [-0.05, 0) is 57.5 Å². The minimum Gasteiger partial charge on any atom is -0.368 e. The van der Waals surface area contributed by atoms with Gasteiger partial charge in [0.2, 0.25) is 5.91 Å². The molecule has 1 amide bonds. The number of carbonyl (C=O) groups excluding carboxylic acids is 1. The largest absolute Gasteiger partial charge is 0.368 e. The SMILES string of the molecule is CC1CCCCC1N(C)CCC1CCCC1(N)C(N)=O. The minimum atomic E-state index is -0.751. The smallest absolute Gasteiger partial charge is 0.237 e. The van der Waals surface area contributed by atoms with Crippen molar-refractivity contribution in [1.82, 2.24) is 4.90 Å². The molecule has 20 heavy (non-hydrogen) atoms. The highest BCUT2D eigenvalue weighted by atomic mass is 16.1. The summed E-state index contributed by atoms with van der Waals surface area (Å²) >= 11 is 0. The lowest BCUT2D eigenvalue weighted by atomic mass is 9.83. The van der Waals surface area contributed by atoms with E-state index in [4.69, 9.17) is 11.5 Å². The summed E-state index contributed by atoms with van der Waals surface area (Å²) in [6.07, 6.45) is 9.23. The summed E-state index contributed by atoms with van der Waals surface area (Å²) in [4.78, 5) is 14.1. The molecule has 0 aromatic rings. The third-order valence-corrected chi connectivity index (χ3v) is 5.79. The van der Waals surface area contributed by atoms with Crippen LogP contribution in [0, 0.1) is 11.8 Å². The highest BCUT2D eigenvalue weighted by molar-refractivity contribution is 5.85. The number of hydrogen-bond acceptors (Lipinski definition) is 3. The van der Waals surface area contributed by atoms with E-state index in [1.165, 1.54) is 25.7 Å². The summed E-state index contributed by atoms with van der Waals surface area (Å²) in [5.41, 5.74) is 11.0. The van der Waals surface area contributed by atoms with Crippen molar-refractivity contribution in [2.24, 2.45) is 23.3 Å². The molecule has 0 aromatic heterocycles. The summed E-state index contributed by atoms with van der Waals surface area (Å²) in [5.74, 6) is 0.742. The molecule has 0 bridgehead atoms. The fourth-order valence-electron chi connectivity index (χ4n) is 4.31. The highest BCUT2D eigenvalue weighted by Crippen LogP contribution is 2.36. The molecule has 116 valence electrons. The Labute approximate surface area is 123 Å². The molecule has 4 N–H and O–H groups in total. The molecule has 4 heteroatoms. The molecule has 0 saturated heterocycles. The van der Waals surface area contributed by atoms with Crippen LogP contribution in [0.15, 0.2) is 0 Å². The second-order valence-electron chi connectivity index (χ2n) is 7.09. The first kappa shape index (κ1) is 15.8. The molecule has 0 aromatic carbocycles. The maximum absolute atomic E-state index is 11.6. The topological polar surface area (TPSA) is 72.3 Å². The molecule has 2 saturated carbocycles. The zero-order valence-electron chi connectivity index (χ0n) is 13.1. The maximum Gasteiger partial charge on any atom is 0.237 e. The first-order valence-electron chi connectivity index (χ1n) is 8.24. The molecule has 0 radical (unpaired) electrons. The molecule has 4 nitrogen and oxygen atoms in total. The van der Waals surface area contributed by atoms with E-state index in [9.17, 15) is 4.79 Å². The number of hydrogen-bond donors (Lipinski definition) is 2. The van der Waals surface area contributed by atoms with E-state index in [1.807, 2.05) is 0 Å². The van der Waals surface area contributed by atoms with Gasteiger partial charge in [0.1, 0.15) is 0 Å². The predicted molar refractivity (Wildman–Crippen MR) is 82.1 cm³/mol. The van der Waals surface area contributed by atoms with Gasteiger partial charge in [0.05, 0.1) is 5.54 Å². The Morgan fingerprint density at radius 2 is 1.95 bits per heavy atom. The zero-order valence-corrected chi connectivity index (χ0v) is 13.1. The number of amides is 1. The Bertz CT molecular complexity index is 347. The van der Waals surface area contributed by atoms with E-state index in [0.717, 1.165) is 38.1 Å². The highest BCUT2D eigenvalue weighted by Gasteiger charge is 2.44. The summed E-state index contributed by atoms with van der Waals surface area (Å²) in [6, 6.07) is 0.700. The van der Waals surface area contributed by atoms with Gasteiger partial charge >= 0.3 is 0 Å². The molecule has 2 aliphatic rings. The first-order chi connectivity index (χ1) is 9.45. The predicted octanol–water partition coefficient (Wildman–Crippen LogP) is 1.87. The Balaban J connectivity index is 1.86. The summed E-state index contributed by atoms with van der Waals surface area (Å²) in [7, 11) is 2.23. The third kappa shape index (κ3) is 3.17. The van der Waals surface area contributed by atoms with E-state index in [2.05, 4.69) is 18.9 Å². The second kappa shape index (κ2) is 6.44. The summed E-state index contributed by atoms with van der Waals surface area (Å²) < 4.78 is 0. The molecule has 2 rings (SSSR count). The van der Waals surface area contributed by atoms with Crippen LogP contribution in [0.3, 0.4) is 0 Å². The van der Waals surface area contributed by atoms with E-state index in [0.29, 0.717) is 6.04 Å². The van der Waals surface area contributed by atoms with Crippen molar-refractivity contribution in [1.29, 1.82) is 0 Å². The molecule has 0 heterocycles. The van der Waals surface area contributed by atoms with E-state index in [-0.39, 0.29) is 11.8 Å². The standard InChI is InChI=1S/C16H31N3O/c1-12-6-3-4-8-14(12)19(2)11-9-13-7-5-10-16(13,18)15(17)20/h12-14H,3-11,18H2,1-2H3,(H2,17,20). The Hall–Kier alpha value is -0.610. The van der Waals surface area contributed by atoms with Gasteiger partial charge in [-0.1, -0.05) is 26.2 Å². The van der Waals surface area contributed by atoms with Gasteiger partial charge in [-0.3, -0.25) is 4.79 Å². The normalized spacial score (nSPS) is 38.3. The Morgan fingerprint density at radius 1 is 1.25 bits per heavy atom. The van der Waals surface area contributed by atoms with Crippen LogP contribution in [-0.4, -0.2) is 36.0 Å². The second-order valence-corrected chi connectivity index (χ2v) is 7.09. The Morgan fingerprint density at radius 3 is 2.60 bits per heavy atom. The van der Waals surface area contributed by atoms with Gasteiger partial charge in [-0.2, -0.15) is 0 Å². The van der Waals surface area contributed by atoms with Crippen LogP contribution in [0.5, 0.6) is 0 Å². The van der Waals surface area contributed by atoms with Gasteiger partial charge < -0.3 is 16.4 Å².